The number of piperazine rings is 1. The lowest BCUT2D eigenvalue weighted by Gasteiger charge is -2.34. The molecule has 1 aromatic heterocycles. The van der Waals surface area contributed by atoms with Crippen molar-refractivity contribution in [3.63, 3.8) is 0 Å². The number of aromatic nitrogens is 2. The molecule has 4 aromatic rings. The van der Waals surface area contributed by atoms with Crippen LogP contribution in [0, 0.1) is 6.92 Å². The first-order valence-electron chi connectivity index (χ1n) is 13.8. The molecule has 5 rings (SSSR count). The number of aliphatic imine (C=N–C) groups is 1. The number of rotatable bonds is 8. The van der Waals surface area contributed by atoms with Gasteiger partial charge in [0.2, 0.25) is 0 Å². The number of halogens is 3. The first-order chi connectivity index (χ1) is 21.0. The van der Waals surface area contributed by atoms with Gasteiger partial charge in [-0.25, -0.2) is 15.0 Å². The number of likely N-dealkylation sites (N-methyl/N-ethyl adjacent to an activating group) is 1. The molecule has 228 valence electrons. The maximum Gasteiger partial charge on any atom is 0.416 e. The van der Waals surface area contributed by atoms with Crippen molar-refractivity contribution in [3.8, 4) is 0 Å². The number of anilines is 6. The largest absolute Gasteiger partial charge is 0.416 e. The molecule has 0 unspecified atom stereocenters. The van der Waals surface area contributed by atoms with Gasteiger partial charge in [0.25, 0.3) is 5.91 Å². The normalized spacial score (nSPS) is 13.8. The van der Waals surface area contributed by atoms with Gasteiger partial charge in [-0.3, -0.25) is 15.2 Å². The summed E-state index contributed by atoms with van der Waals surface area (Å²) in [6.07, 6.45) is -3.28. The Morgan fingerprint density at radius 2 is 1.77 bits per heavy atom. The number of carbonyl (C=O) groups is 1. The Labute approximate surface area is 253 Å². The third kappa shape index (κ3) is 6.89. The number of aryl methyl sites for hydroxylation is 1. The fourth-order valence-corrected chi connectivity index (χ4v) is 4.81. The first-order valence-corrected chi connectivity index (χ1v) is 13.8. The van der Waals surface area contributed by atoms with E-state index < -0.39 is 17.6 Å². The minimum absolute atomic E-state index is 0.0899. The van der Waals surface area contributed by atoms with Crippen LogP contribution < -0.4 is 26.4 Å². The van der Waals surface area contributed by atoms with Crippen molar-refractivity contribution < 1.29 is 18.0 Å². The minimum Gasteiger partial charge on any atom is -0.384 e. The molecule has 3 aromatic carbocycles. The van der Waals surface area contributed by atoms with Crippen LogP contribution in [0.2, 0.25) is 0 Å². The molecule has 0 aliphatic carbocycles. The molecule has 0 radical (unpaired) electrons. The highest BCUT2D eigenvalue weighted by Crippen LogP contribution is 2.36. The van der Waals surface area contributed by atoms with Crippen molar-refractivity contribution in [1.29, 1.82) is 0 Å². The van der Waals surface area contributed by atoms with Crippen LogP contribution in [0.5, 0.6) is 0 Å². The van der Waals surface area contributed by atoms with E-state index in [1.807, 2.05) is 37.1 Å². The molecule has 1 saturated heterocycles. The number of nitrogen functional groups attached to an aromatic ring is 1. The number of nitrogens with zero attached hydrogens (tertiary/aromatic N) is 6. The Morgan fingerprint density at radius 3 is 2.48 bits per heavy atom. The number of hydrogen-bond donors (Lipinski definition) is 3. The molecule has 10 nitrogen and oxygen atoms in total. The Hall–Kier alpha value is -5.17. The van der Waals surface area contributed by atoms with Gasteiger partial charge in [-0.2, -0.15) is 13.2 Å². The van der Waals surface area contributed by atoms with Gasteiger partial charge >= 0.3 is 6.18 Å². The lowest BCUT2D eigenvalue weighted by atomic mass is 10.1. The predicted octanol–water partition coefficient (Wildman–Crippen LogP) is 5.89. The molecule has 0 saturated carbocycles. The molecule has 0 spiro atoms. The molecular formula is C31H32F3N9O. The Bertz CT molecular complexity index is 1670. The number of nitrogens with two attached hydrogens (primary N) is 1. The standard InChI is InChI=1S/C31H32F3N9O/c1-20-8-9-23(17-26(20)40-43(29-18-28(35)37-19-38-29)27-7-5-4-6-25(27)36-2)39-30(44)21-14-22(31(32,33)34)16-24(15-21)42-12-10-41(3)11-13-42/h4-9,14-19,40H,2,10-13H2,1,3H3,(H,39,44)(H2,35,37,38). The third-order valence-corrected chi connectivity index (χ3v) is 7.30. The summed E-state index contributed by atoms with van der Waals surface area (Å²) in [6, 6.07) is 17.5. The second-order valence-electron chi connectivity index (χ2n) is 10.4. The van der Waals surface area contributed by atoms with Crippen molar-refractivity contribution in [1.82, 2.24) is 14.9 Å². The van der Waals surface area contributed by atoms with Gasteiger partial charge in [0.05, 0.1) is 22.6 Å². The number of benzene rings is 3. The van der Waals surface area contributed by atoms with Crippen molar-refractivity contribution in [2.24, 2.45) is 4.99 Å². The molecule has 2 heterocycles. The zero-order valence-electron chi connectivity index (χ0n) is 24.3. The van der Waals surface area contributed by atoms with E-state index in [1.54, 1.807) is 35.3 Å². The number of amides is 1. The van der Waals surface area contributed by atoms with Crippen LogP contribution in [-0.2, 0) is 6.18 Å². The van der Waals surface area contributed by atoms with Crippen molar-refractivity contribution in [3.05, 3.63) is 89.7 Å². The maximum atomic E-state index is 13.8. The molecule has 1 aliphatic rings. The zero-order chi connectivity index (χ0) is 31.4. The number of carbonyl (C=O) groups excluding carboxylic acids is 1. The van der Waals surface area contributed by atoms with Crippen LogP contribution in [0.4, 0.5) is 53.2 Å². The highest BCUT2D eigenvalue weighted by molar-refractivity contribution is 6.05. The van der Waals surface area contributed by atoms with Gasteiger partial charge in [0.1, 0.15) is 12.1 Å². The van der Waals surface area contributed by atoms with E-state index in [0.717, 1.165) is 17.7 Å². The summed E-state index contributed by atoms with van der Waals surface area (Å²) in [6.45, 7) is 8.07. The van der Waals surface area contributed by atoms with Crippen LogP contribution in [-0.4, -0.2) is 60.7 Å². The average molecular weight is 604 g/mol. The summed E-state index contributed by atoms with van der Waals surface area (Å²) in [7, 11) is 1.96. The van der Waals surface area contributed by atoms with Gasteiger partial charge in [-0.1, -0.05) is 18.2 Å². The molecule has 13 heteroatoms. The Kier molecular flexibility index (Phi) is 8.67. The molecule has 4 N–H and O–H groups in total. The van der Waals surface area contributed by atoms with Gasteiger partial charge in [0.15, 0.2) is 5.82 Å². The highest BCUT2D eigenvalue weighted by Gasteiger charge is 2.33. The van der Waals surface area contributed by atoms with E-state index in [4.69, 9.17) is 5.73 Å². The quantitative estimate of drug-likeness (QED) is 0.169. The molecule has 1 amide bonds. The predicted molar refractivity (Wildman–Crippen MR) is 168 cm³/mol. The summed E-state index contributed by atoms with van der Waals surface area (Å²) in [4.78, 5) is 29.8. The number of alkyl halides is 3. The smallest absolute Gasteiger partial charge is 0.384 e. The summed E-state index contributed by atoms with van der Waals surface area (Å²) < 4.78 is 41.5. The van der Waals surface area contributed by atoms with Gasteiger partial charge in [-0.05, 0) is 68.7 Å². The van der Waals surface area contributed by atoms with Crippen LogP contribution >= 0.6 is 0 Å². The number of nitrogens with one attached hydrogen (secondary N) is 2. The van der Waals surface area contributed by atoms with Crippen LogP contribution in [0.3, 0.4) is 0 Å². The average Bonchev–Trinajstić information content (AvgIpc) is 3.01. The topological polar surface area (TPSA) is 115 Å². The maximum absolute atomic E-state index is 13.8. The van der Waals surface area contributed by atoms with Crippen LogP contribution in [0.25, 0.3) is 0 Å². The number of hydrogen-bond acceptors (Lipinski definition) is 9. The molecular weight excluding hydrogens is 571 g/mol. The molecule has 0 bridgehead atoms. The van der Waals surface area contributed by atoms with E-state index in [9.17, 15) is 18.0 Å². The summed E-state index contributed by atoms with van der Waals surface area (Å²) in [5.41, 5.74) is 11.6. The molecule has 0 atom stereocenters. The molecule has 1 fully saturated rings. The number of para-hydroxylation sites is 2. The van der Waals surface area contributed by atoms with Crippen molar-refractivity contribution in [2.75, 3.05) is 59.6 Å². The van der Waals surface area contributed by atoms with Crippen LogP contribution in [0.1, 0.15) is 21.5 Å². The van der Waals surface area contributed by atoms with Crippen molar-refractivity contribution in [2.45, 2.75) is 13.1 Å². The summed E-state index contributed by atoms with van der Waals surface area (Å²) in [5.74, 6) is 0.00589. The fraction of sp³-hybridized carbons (Fsp3) is 0.226. The molecule has 1 aliphatic heterocycles. The molecule has 44 heavy (non-hydrogen) atoms. The number of hydrazine groups is 1. The van der Waals surface area contributed by atoms with E-state index in [2.05, 4.69) is 37.3 Å². The lowest BCUT2D eigenvalue weighted by Crippen LogP contribution is -2.44. The lowest BCUT2D eigenvalue weighted by molar-refractivity contribution is -0.137. The Balaban J connectivity index is 1.45. The second kappa shape index (κ2) is 12.6. The van der Waals surface area contributed by atoms with Gasteiger partial charge < -0.3 is 20.9 Å². The monoisotopic (exact) mass is 603 g/mol. The summed E-state index contributed by atoms with van der Waals surface area (Å²) >= 11 is 0. The van der Waals surface area contributed by atoms with Crippen molar-refractivity contribution >= 4 is 52.7 Å². The third-order valence-electron chi connectivity index (χ3n) is 7.30. The van der Waals surface area contributed by atoms with E-state index in [1.165, 1.54) is 12.4 Å². The van der Waals surface area contributed by atoms with Gasteiger partial charge in [-0.15, -0.1) is 0 Å². The van der Waals surface area contributed by atoms with E-state index >= 15 is 0 Å². The first kappa shape index (κ1) is 30.3. The van der Waals surface area contributed by atoms with E-state index in [0.29, 0.717) is 60.4 Å². The Morgan fingerprint density at radius 1 is 1.02 bits per heavy atom. The summed E-state index contributed by atoms with van der Waals surface area (Å²) in [5, 5.41) is 4.42. The second-order valence-corrected chi connectivity index (χ2v) is 10.4. The SMILES string of the molecule is C=Nc1ccccc1N(Nc1cc(NC(=O)c2cc(N3CCN(C)CC3)cc(C(F)(F)F)c2)ccc1C)c1cc(N)ncn1. The zero-order valence-corrected chi connectivity index (χ0v) is 24.3. The van der Waals surface area contributed by atoms with Crippen LogP contribution in [0.15, 0.2) is 78.0 Å². The highest BCUT2D eigenvalue weighted by atomic mass is 19.4. The van der Waals surface area contributed by atoms with Gasteiger partial charge in [0, 0.05) is 49.2 Å². The van der Waals surface area contributed by atoms with E-state index in [-0.39, 0.29) is 11.4 Å². The fourth-order valence-electron chi connectivity index (χ4n) is 4.81. The minimum atomic E-state index is -4.61.